The number of aromatic nitrogens is 1. The molecule has 17 heavy (non-hydrogen) atoms. The van der Waals surface area contributed by atoms with E-state index in [1.54, 1.807) is 4.90 Å². The van der Waals surface area contributed by atoms with E-state index in [0.717, 1.165) is 0 Å². The van der Waals surface area contributed by atoms with Crippen molar-refractivity contribution in [2.75, 3.05) is 18.8 Å². The van der Waals surface area contributed by atoms with Crippen molar-refractivity contribution in [2.45, 2.75) is 20.8 Å². The van der Waals surface area contributed by atoms with Crippen LogP contribution < -0.4 is 5.73 Å². The Labute approximate surface area is 107 Å². The Morgan fingerprint density at radius 3 is 2.76 bits per heavy atom. The maximum absolute atomic E-state index is 12.2. The lowest BCUT2D eigenvalue weighted by Crippen LogP contribution is -2.34. The van der Waals surface area contributed by atoms with Crippen molar-refractivity contribution in [1.29, 1.82) is 0 Å². The van der Waals surface area contributed by atoms with E-state index in [1.807, 2.05) is 6.92 Å². The molecule has 0 unspecified atom stereocenters. The van der Waals surface area contributed by atoms with Gasteiger partial charge in [0.2, 0.25) is 0 Å². The summed E-state index contributed by atoms with van der Waals surface area (Å²) in [7, 11) is 0. The minimum absolute atomic E-state index is 0.0944. The summed E-state index contributed by atoms with van der Waals surface area (Å²) >= 11 is 5.78. The SMILES string of the molecule is CCN(CC(C)C)C(=O)c1cc(Cl)ncc1N. The van der Waals surface area contributed by atoms with Crippen LogP contribution in [0.2, 0.25) is 5.15 Å². The number of nitrogens with two attached hydrogens (primary N) is 1. The number of amides is 1. The number of nitrogen functional groups attached to an aromatic ring is 1. The predicted octanol–water partition coefficient (Wildman–Crippen LogP) is 2.44. The fourth-order valence-electron chi connectivity index (χ4n) is 1.59. The highest BCUT2D eigenvalue weighted by Gasteiger charge is 2.18. The third-order valence-electron chi connectivity index (χ3n) is 2.39. The highest BCUT2D eigenvalue weighted by Crippen LogP contribution is 2.17. The minimum Gasteiger partial charge on any atom is -0.397 e. The van der Waals surface area contributed by atoms with E-state index in [9.17, 15) is 4.79 Å². The highest BCUT2D eigenvalue weighted by atomic mass is 35.5. The van der Waals surface area contributed by atoms with Crippen molar-refractivity contribution in [3.63, 3.8) is 0 Å². The zero-order chi connectivity index (χ0) is 13.0. The quantitative estimate of drug-likeness (QED) is 0.841. The van der Waals surface area contributed by atoms with Crippen LogP contribution in [0.4, 0.5) is 5.69 Å². The molecule has 0 spiro atoms. The summed E-state index contributed by atoms with van der Waals surface area (Å²) < 4.78 is 0. The lowest BCUT2D eigenvalue weighted by Gasteiger charge is -2.23. The van der Waals surface area contributed by atoms with E-state index in [2.05, 4.69) is 18.8 Å². The molecule has 0 saturated carbocycles. The number of nitrogens with zero attached hydrogens (tertiary/aromatic N) is 2. The van der Waals surface area contributed by atoms with Gasteiger partial charge in [-0.15, -0.1) is 0 Å². The molecule has 94 valence electrons. The summed E-state index contributed by atoms with van der Waals surface area (Å²) in [5.41, 5.74) is 6.53. The van der Waals surface area contributed by atoms with Gasteiger partial charge in [0.1, 0.15) is 5.15 Å². The van der Waals surface area contributed by atoms with E-state index in [-0.39, 0.29) is 11.1 Å². The zero-order valence-electron chi connectivity index (χ0n) is 10.4. The van der Waals surface area contributed by atoms with Crippen LogP contribution >= 0.6 is 11.6 Å². The molecule has 0 fully saturated rings. The Balaban J connectivity index is 2.97. The van der Waals surface area contributed by atoms with Crippen molar-refractivity contribution in [2.24, 2.45) is 5.92 Å². The summed E-state index contributed by atoms with van der Waals surface area (Å²) in [4.78, 5) is 17.8. The molecule has 4 nitrogen and oxygen atoms in total. The van der Waals surface area contributed by atoms with E-state index < -0.39 is 0 Å². The molecule has 1 aromatic heterocycles. The van der Waals surface area contributed by atoms with Gasteiger partial charge in [0.25, 0.3) is 5.91 Å². The molecular weight excluding hydrogens is 238 g/mol. The third kappa shape index (κ3) is 3.60. The van der Waals surface area contributed by atoms with Crippen molar-refractivity contribution in [3.05, 3.63) is 23.0 Å². The van der Waals surface area contributed by atoms with Gasteiger partial charge in [-0.2, -0.15) is 0 Å². The van der Waals surface area contributed by atoms with E-state index >= 15 is 0 Å². The average molecular weight is 256 g/mol. The lowest BCUT2D eigenvalue weighted by molar-refractivity contribution is 0.0746. The van der Waals surface area contributed by atoms with Gasteiger partial charge in [0.05, 0.1) is 17.4 Å². The van der Waals surface area contributed by atoms with Crippen LogP contribution in [-0.2, 0) is 0 Å². The number of hydrogen-bond acceptors (Lipinski definition) is 3. The first kappa shape index (κ1) is 13.8. The minimum atomic E-state index is -0.0944. The van der Waals surface area contributed by atoms with Gasteiger partial charge >= 0.3 is 0 Å². The normalized spacial score (nSPS) is 10.6. The van der Waals surface area contributed by atoms with Gasteiger partial charge in [0.15, 0.2) is 0 Å². The van der Waals surface area contributed by atoms with Gasteiger partial charge in [-0.05, 0) is 18.9 Å². The van der Waals surface area contributed by atoms with E-state index in [0.29, 0.717) is 30.3 Å². The Hall–Kier alpha value is -1.29. The molecule has 1 heterocycles. The molecule has 0 aromatic carbocycles. The number of hydrogen-bond donors (Lipinski definition) is 1. The zero-order valence-corrected chi connectivity index (χ0v) is 11.2. The Morgan fingerprint density at radius 2 is 2.24 bits per heavy atom. The molecule has 0 aliphatic carbocycles. The van der Waals surface area contributed by atoms with Crippen LogP contribution in [0.3, 0.4) is 0 Å². The molecule has 0 bridgehead atoms. The van der Waals surface area contributed by atoms with Gasteiger partial charge < -0.3 is 10.6 Å². The molecular formula is C12H18ClN3O. The second-order valence-electron chi connectivity index (χ2n) is 4.33. The third-order valence-corrected chi connectivity index (χ3v) is 2.59. The van der Waals surface area contributed by atoms with Gasteiger partial charge in [0, 0.05) is 13.1 Å². The van der Waals surface area contributed by atoms with Crippen LogP contribution in [0.5, 0.6) is 0 Å². The molecule has 0 aliphatic rings. The van der Waals surface area contributed by atoms with Crippen LogP contribution in [0.15, 0.2) is 12.3 Å². The standard InChI is InChI=1S/C12H18ClN3O/c1-4-16(7-8(2)3)12(17)9-5-11(13)15-6-10(9)14/h5-6,8H,4,7,14H2,1-3H3. The maximum Gasteiger partial charge on any atom is 0.256 e. The van der Waals surface area contributed by atoms with Crippen LogP contribution in [0.25, 0.3) is 0 Å². The first-order chi connectivity index (χ1) is 7.95. The molecule has 0 atom stereocenters. The van der Waals surface area contributed by atoms with E-state index in [1.165, 1.54) is 12.3 Å². The molecule has 5 heteroatoms. The van der Waals surface area contributed by atoms with Crippen LogP contribution in [0.1, 0.15) is 31.1 Å². The molecule has 0 saturated heterocycles. The van der Waals surface area contributed by atoms with Crippen molar-refractivity contribution in [1.82, 2.24) is 9.88 Å². The number of rotatable bonds is 4. The van der Waals surface area contributed by atoms with Gasteiger partial charge in [-0.1, -0.05) is 25.4 Å². The number of pyridine rings is 1. The topological polar surface area (TPSA) is 59.2 Å². The fourth-order valence-corrected chi connectivity index (χ4v) is 1.75. The fraction of sp³-hybridized carbons (Fsp3) is 0.500. The first-order valence-corrected chi connectivity index (χ1v) is 6.03. The molecule has 0 aliphatic heterocycles. The highest BCUT2D eigenvalue weighted by molar-refractivity contribution is 6.29. The predicted molar refractivity (Wildman–Crippen MR) is 70.1 cm³/mol. The Bertz CT molecular complexity index is 407. The number of carbonyl (C=O) groups is 1. The lowest BCUT2D eigenvalue weighted by atomic mass is 10.1. The molecule has 1 rings (SSSR count). The first-order valence-electron chi connectivity index (χ1n) is 5.66. The summed E-state index contributed by atoms with van der Waals surface area (Å²) in [6.07, 6.45) is 1.42. The van der Waals surface area contributed by atoms with Gasteiger partial charge in [-0.25, -0.2) is 4.98 Å². The van der Waals surface area contributed by atoms with E-state index in [4.69, 9.17) is 17.3 Å². The second kappa shape index (κ2) is 5.87. The maximum atomic E-state index is 12.2. The number of carbonyl (C=O) groups excluding carboxylic acids is 1. The summed E-state index contributed by atoms with van der Waals surface area (Å²) in [5, 5.41) is 0.281. The Morgan fingerprint density at radius 1 is 1.59 bits per heavy atom. The molecule has 1 aromatic rings. The summed E-state index contributed by atoms with van der Waals surface area (Å²) in [6, 6.07) is 1.52. The number of halogens is 1. The van der Waals surface area contributed by atoms with Crippen LogP contribution in [0, 0.1) is 5.92 Å². The van der Waals surface area contributed by atoms with Crippen molar-refractivity contribution < 1.29 is 4.79 Å². The largest absolute Gasteiger partial charge is 0.397 e. The summed E-state index contributed by atoms with van der Waals surface area (Å²) in [5.74, 6) is 0.320. The molecule has 0 radical (unpaired) electrons. The average Bonchev–Trinajstić information content (AvgIpc) is 2.28. The van der Waals surface area contributed by atoms with Crippen molar-refractivity contribution >= 4 is 23.2 Å². The van der Waals surface area contributed by atoms with Crippen molar-refractivity contribution in [3.8, 4) is 0 Å². The second-order valence-corrected chi connectivity index (χ2v) is 4.72. The van der Waals surface area contributed by atoms with Crippen LogP contribution in [-0.4, -0.2) is 28.9 Å². The molecule has 2 N–H and O–H groups in total. The summed E-state index contributed by atoms with van der Waals surface area (Å²) in [6.45, 7) is 7.43. The smallest absolute Gasteiger partial charge is 0.256 e. The molecule has 1 amide bonds. The monoisotopic (exact) mass is 255 g/mol. The Kier molecular flexibility index (Phi) is 4.75. The van der Waals surface area contributed by atoms with Gasteiger partial charge in [-0.3, -0.25) is 4.79 Å². The number of anilines is 1.